The Bertz CT molecular complexity index is 224. The molecule has 0 spiro atoms. The fourth-order valence-corrected chi connectivity index (χ4v) is 0.885. The van der Waals surface area contributed by atoms with E-state index in [0.717, 1.165) is 0 Å². The molecule has 0 aromatic carbocycles. The molecule has 0 rings (SSSR count). The van der Waals surface area contributed by atoms with Crippen LogP contribution in [0.2, 0.25) is 0 Å². The van der Waals surface area contributed by atoms with Crippen molar-refractivity contribution in [1.82, 2.24) is 0 Å². The minimum atomic E-state index is -4.31. The summed E-state index contributed by atoms with van der Waals surface area (Å²) < 4.78 is 27.9. The zero-order valence-corrected chi connectivity index (χ0v) is 8.67. The predicted molar refractivity (Wildman–Crippen MR) is 29.4 cm³/mol. The van der Waals surface area contributed by atoms with Gasteiger partial charge in [-0.3, -0.25) is 4.55 Å². The van der Waals surface area contributed by atoms with Crippen LogP contribution in [0, 0.1) is 0 Å². The summed E-state index contributed by atoms with van der Waals surface area (Å²) in [6.07, 6.45) is 0. The Morgan fingerprint density at radius 2 is 2.00 bits per heavy atom. The van der Waals surface area contributed by atoms with Gasteiger partial charge in [0.25, 0.3) is 10.1 Å². The van der Waals surface area contributed by atoms with Gasteiger partial charge in [0, 0.05) is 0 Å². The van der Waals surface area contributed by atoms with Gasteiger partial charge in [-0.2, -0.15) is 8.42 Å². The molecule has 8 heteroatoms. The monoisotopic (exact) mass is 191 g/mol. The van der Waals surface area contributed by atoms with Gasteiger partial charge < -0.3 is 15.6 Å². The summed E-state index contributed by atoms with van der Waals surface area (Å²) in [5.41, 5.74) is 4.70. The summed E-state index contributed by atoms with van der Waals surface area (Å²) in [7, 11) is -4.31. The van der Waals surface area contributed by atoms with Crippen LogP contribution in [0.25, 0.3) is 0 Å². The second-order valence-corrected chi connectivity index (χ2v) is 3.17. The largest absolute Gasteiger partial charge is 1.00 e. The molecule has 0 saturated heterocycles. The van der Waals surface area contributed by atoms with E-state index in [-0.39, 0.29) is 29.6 Å². The zero-order chi connectivity index (χ0) is 8.36. The maximum absolute atomic E-state index is 9.93. The van der Waals surface area contributed by atoms with Crippen LogP contribution in [0.5, 0.6) is 0 Å². The maximum Gasteiger partial charge on any atom is 1.00 e. The van der Waals surface area contributed by atoms with Crippen LogP contribution >= 0.6 is 0 Å². The van der Waals surface area contributed by atoms with Crippen molar-refractivity contribution in [2.24, 2.45) is 5.73 Å². The summed E-state index contributed by atoms with van der Waals surface area (Å²) in [5, 5.41) is 9.77. The Kier molecular flexibility index (Phi) is 6.40. The van der Waals surface area contributed by atoms with Crippen LogP contribution in [0.1, 0.15) is 0 Å². The van der Waals surface area contributed by atoms with E-state index >= 15 is 0 Å². The van der Waals surface area contributed by atoms with E-state index < -0.39 is 27.9 Å². The average molecular weight is 191 g/mol. The van der Waals surface area contributed by atoms with Gasteiger partial charge in [-0.1, -0.05) is 0 Å². The van der Waals surface area contributed by atoms with Crippen molar-refractivity contribution in [1.29, 1.82) is 0 Å². The van der Waals surface area contributed by atoms with Gasteiger partial charge in [0.15, 0.2) is 0 Å². The third-order valence-electron chi connectivity index (χ3n) is 0.693. The van der Waals surface area contributed by atoms with Crippen LogP contribution in [-0.2, 0) is 14.9 Å². The maximum atomic E-state index is 9.93. The molecule has 0 aliphatic rings. The molecule has 0 heterocycles. The minimum absolute atomic E-state index is 0. The standard InChI is InChI=1S/C3H7NO5S.Na/c4-2(3(5)6)1-10(7,8)9;/h2H,1,4H2,(H,5,6)(H,7,8,9);/q;+1/p-1/t2-;/m0./s1. The number of aliphatic carboxylic acids is 1. The summed E-state index contributed by atoms with van der Waals surface area (Å²) in [5.74, 6) is -2.73. The SMILES string of the molecule is N[C@@H](CS(=O)(=O)O)C(=O)[O-].[Na+]. The average Bonchev–Trinajstić information content (AvgIpc) is 1.60. The van der Waals surface area contributed by atoms with Crippen LogP contribution in [0.4, 0.5) is 0 Å². The van der Waals surface area contributed by atoms with Crippen LogP contribution in [0.15, 0.2) is 0 Å². The van der Waals surface area contributed by atoms with Crippen molar-refractivity contribution >= 4 is 16.1 Å². The van der Waals surface area contributed by atoms with Gasteiger partial charge in [-0.05, 0) is 0 Å². The van der Waals surface area contributed by atoms with Gasteiger partial charge in [-0.15, -0.1) is 0 Å². The molecule has 0 unspecified atom stereocenters. The summed E-state index contributed by atoms with van der Waals surface area (Å²) in [6.45, 7) is 0. The molecule has 0 saturated carbocycles. The van der Waals surface area contributed by atoms with E-state index in [0.29, 0.717) is 0 Å². The summed E-state index contributed by atoms with van der Waals surface area (Å²) in [6, 6.07) is -1.67. The Hall–Kier alpha value is 0.340. The Morgan fingerprint density at radius 1 is 1.64 bits per heavy atom. The molecule has 0 fully saturated rings. The van der Waals surface area contributed by atoms with Gasteiger partial charge in [0.2, 0.25) is 0 Å². The van der Waals surface area contributed by atoms with Crippen LogP contribution in [-0.4, -0.2) is 30.7 Å². The molecule has 0 aliphatic heterocycles. The smallest absolute Gasteiger partial charge is 0.548 e. The second-order valence-electron chi connectivity index (χ2n) is 1.67. The molecule has 3 N–H and O–H groups in total. The topological polar surface area (TPSA) is 121 Å². The number of nitrogens with two attached hydrogens (primary N) is 1. The summed E-state index contributed by atoms with van der Waals surface area (Å²) in [4.78, 5) is 9.77. The Morgan fingerprint density at radius 3 is 2.09 bits per heavy atom. The first kappa shape index (κ1) is 13.9. The zero-order valence-electron chi connectivity index (χ0n) is 5.85. The fraction of sp³-hybridized carbons (Fsp3) is 0.667. The van der Waals surface area contributed by atoms with E-state index in [1.54, 1.807) is 0 Å². The number of carboxylic acid groups (broad SMARTS) is 1. The first-order valence-electron chi connectivity index (χ1n) is 2.24. The second kappa shape index (κ2) is 5.07. The van der Waals surface area contributed by atoms with E-state index in [1.165, 1.54) is 0 Å². The third kappa shape index (κ3) is 8.24. The van der Waals surface area contributed by atoms with Crippen LogP contribution < -0.4 is 40.4 Å². The van der Waals surface area contributed by atoms with Crippen molar-refractivity contribution < 1.29 is 52.4 Å². The first-order chi connectivity index (χ1) is 4.33. The first-order valence-corrected chi connectivity index (χ1v) is 3.85. The molecule has 0 aliphatic carbocycles. The molecule has 0 aromatic rings. The molecule has 0 bridgehead atoms. The quantitative estimate of drug-likeness (QED) is 0.338. The number of carbonyl (C=O) groups is 1. The number of rotatable bonds is 3. The van der Waals surface area contributed by atoms with Crippen molar-refractivity contribution in [3.8, 4) is 0 Å². The third-order valence-corrected chi connectivity index (χ3v) is 1.47. The molecule has 6 nitrogen and oxygen atoms in total. The van der Waals surface area contributed by atoms with E-state index in [1.807, 2.05) is 0 Å². The van der Waals surface area contributed by atoms with Crippen molar-refractivity contribution in [3.63, 3.8) is 0 Å². The van der Waals surface area contributed by atoms with E-state index in [2.05, 4.69) is 0 Å². The Labute approximate surface area is 85.8 Å². The van der Waals surface area contributed by atoms with Gasteiger partial charge in [-0.25, -0.2) is 0 Å². The van der Waals surface area contributed by atoms with Crippen LogP contribution in [0.3, 0.4) is 0 Å². The molecule has 0 aromatic heterocycles. The molecule has 0 radical (unpaired) electrons. The molecule has 0 amide bonds. The normalized spacial score (nSPS) is 13.3. The molecule has 11 heavy (non-hydrogen) atoms. The fourth-order valence-electron chi connectivity index (χ4n) is 0.295. The number of carbonyl (C=O) groups excluding carboxylic acids is 1. The van der Waals surface area contributed by atoms with Gasteiger partial charge >= 0.3 is 29.6 Å². The Balaban J connectivity index is 0. The molecular weight excluding hydrogens is 185 g/mol. The van der Waals surface area contributed by atoms with Gasteiger partial charge in [0.1, 0.15) is 0 Å². The minimum Gasteiger partial charge on any atom is -0.548 e. The van der Waals surface area contributed by atoms with Crippen molar-refractivity contribution in [2.75, 3.05) is 5.75 Å². The van der Waals surface area contributed by atoms with Crippen molar-refractivity contribution in [2.45, 2.75) is 6.04 Å². The van der Waals surface area contributed by atoms with Crippen molar-refractivity contribution in [3.05, 3.63) is 0 Å². The van der Waals surface area contributed by atoms with E-state index in [4.69, 9.17) is 10.3 Å². The molecule has 1 atom stereocenters. The molecular formula is C3H6NNaO5S. The predicted octanol–water partition coefficient (Wildman–Crippen LogP) is -6.04. The number of carboxylic acids is 1. The number of hydrogen-bond acceptors (Lipinski definition) is 5. The summed E-state index contributed by atoms with van der Waals surface area (Å²) >= 11 is 0. The van der Waals surface area contributed by atoms with E-state index in [9.17, 15) is 18.3 Å². The van der Waals surface area contributed by atoms with Gasteiger partial charge in [0.05, 0.1) is 17.8 Å². The molecule has 60 valence electrons. The number of hydrogen-bond donors (Lipinski definition) is 2.